The molecule has 0 N–H and O–H groups in total. The van der Waals surface area contributed by atoms with Gasteiger partial charge < -0.3 is 4.57 Å². The van der Waals surface area contributed by atoms with Crippen molar-refractivity contribution in [3.8, 4) is 39.1 Å². The third kappa shape index (κ3) is 2.90. The van der Waals surface area contributed by atoms with Crippen molar-refractivity contribution >= 4 is 21.8 Å². The molecule has 6 aromatic carbocycles. The predicted octanol–water partition coefficient (Wildman–Crippen LogP) is 9.59. The summed E-state index contributed by atoms with van der Waals surface area (Å²) in [5.74, 6) is 0. The second-order valence-electron chi connectivity index (χ2n) is 10.9. The summed E-state index contributed by atoms with van der Waals surface area (Å²) >= 11 is 0. The molecule has 0 atom stereocenters. The van der Waals surface area contributed by atoms with Gasteiger partial charge in [-0.3, -0.25) is 0 Å². The molecule has 182 valence electrons. The Labute approximate surface area is 227 Å². The highest BCUT2D eigenvalue weighted by Crippen LogP contribution is 2.45. The van der Waals surface area contributed by atoms with Crippen LogP contribution in [-0.4, -0.2) is 4.57 Å². The first kappa shape index (κ1) is 21.1. The quantitative estimate of drug-likeness (QED) is 0.225. The summed E-state index contributed by atoms with van der Waals surface area (Å²) in [6.45, 7) is 0. The van der Waals surface area contributed by atoms with Crippen LogP contribution in [-0.2, 0) is 12.8 Å². The number of fused-ring (bicyclic) bond motifs is 9. The molecule has 7 aromatic rings. The Morgan fingerprint density at radius 2 is 1.00 bits per heavy atom. The van der Waals surface area contributed by atoms with Gasteiger partial charge in [0, 0.05) is 17.2 Å². The molecule has 0 bridgehead atoms. The summed E-state index contributed by atoms with van der Waals surface area (Å²) < 4.78 is 2.47. The van der Waals surface area contributed by atoms with Crippen molar-refractivity contribution in [3.63, 3.8) is 0 Å². The van der Waals surface area contributed by atoms with Gasteiger partial charge >= 0.3 is 0 Å². The summed E-state index contributed by atoms with van der Waals surface area (Å²) in [5, 5.41) is 2.62. The highest BCUT2D eigenvalue weighted by molar-refractivity contribution is 6.09. The standard InChI is InChI=1S/C38H25N/c1-2-10-27-24(9-1)22-34-28(13-7-14-30(27)34)25-19-20-29-26(21-25)23-35-31(29)15-8-18-38(35)39-36-16-5-3-11-32(36)33-12-4-6-17-37(33)39/h1-21H,22-23H2. The van der Waals surface area contributed by atoms with Crippen molar-refractivity contribution in [2.45, 2.75) is 12.8 Å². The zero-order chi connectivity index (χ0) is 25.5. The van der Waals surface area contributed by atoms with E-state index >= 15 is 0 Å². The second kappa shape index (κ2) is 7.82. The van der Waals surface area contributed by atoms with Crippen molar-refractivity contribution in [1.29, 1.82) is 0 Å². The minimum absolute atomic E-state index is 0.949. The van der Waals surface area contributed by atoms with Crippen LogP contribution >= 0.6 is 0 Å². The molecule has 1 heterocycles. The maximum atomic E-state index is 2.47. The zero-order valence-corrected chi connectivity index (χ0v) is 21.5. The van der Waals surface area contributed by atoms with E-state index in [4.69, 9.17) is 0 Å². The Morgan fingerprint density at radius 1 is 0.410 bits per heavy atom. The van der Waals surface area contributed by atoms with E-state index in [-0.39, 0.29) is 0 Å². The number of nitrogens with zero attached hydrogens (tertiary/aromatic N) is 1. The first-order valence-corrected chi connectivity index (χ1v) is 13.8. The van der Waals surface area contributed by atoms with Crippen LogP contribution in [0.15, 0.2) is 127 Å². The Kier molecular flexibility index (Phi) is 4.23. The number of para-hydroxylation sites is 2. The molecule has 9 rings (SSSR count). The van der Waals surface area contributed by atoms with E-state index in [2.05, 4.69) is 132 Å². The van der Waals surface area contributed by atoms with Gasteiger partial charge in [-0.1, -0.05) is 109 Å². The van der Waals surface area contributed by atoms with Crippen LogP contribution in [0, 0.1) is 0 Å². The number of hydrogen-bond donors (Lipinski definition) is 0. The van der Waals surface area contributed by atoms with Crippen LogP contribution in [0.5, 0.6) is 0 Å². The van der Waals surface area contributed by atoms with Gasteiger partial charge in [0.15, 0.2) is 0 Å². The van der Waals surface area contributed by atoms with E-state index in [1.165, 1.54) is 83.1 Å². The van der Waals surface area contributed by atoms with E-state index in [0.29, 0.717) is 0 Å². The number of aromatic nitrogens is 1. The fourth-order valence-electron chi connectivity index (χ4n) is 7.19. The lowest BCUT2D eigenvalue weighted by atomic mass is 9.93. The van der Waals surface area contributed by atoms with Gasteiger partial charge in [-0.05, 0) is 80.3 Å². The van der Waals surface area contributed by atoms with Crippen molar-refractivity contribution in [2.24, 2.45) is 0 Å². The van der Waals surface area contributed by atoms with Gasteiger partial charge in [-0.15, -0.1) is 0 Å². The zero-order valence-electron chi connectivity index (χ0n) is 21.5. The number of rotatable bonds is 2. The Balaban J connectivity index is 1.19. The van der Waals surface area contributed by atoms with Gasteiger partial charge in [0.05, 0.1) is 16.7 Å². The largest absolute Gasteiger partial charge is 0.309 e. The van der Waals surface area contributed by atoms with E-state index in [1.54, 1.807) is 0 Å². The van der Waals surface area contributed by atoms with E-state index in [0.717, 1.165) is 12.8 Å². The summed E-state index contributed by atoms with van der Waals surface area (Å²) in [4.78, 5) is 0. The Morgan fingerprint density at radius 3 is 1.82 bits per heavy atom. The Bertz CT molecular complexity index is 2070. The molecule has 0 aliphatic heterocycles. The lowest BCUT2D eigenvalue weighted by molar-refractivity contribution is 1.12. The van der Waals surface area contributed by atoms with Gasteiger partial charge in [0.25, 0.3) is 0 Å². The van der Waals surface area contributed by atoms with Crippen LogP contribution in [0.1, 0.15) is 22.3 Å². The highest BCUT2D eigenvalue weighted by Gasteiger charge is 2.25. The predicted molar refractivity (Wildman–Crippen MR) is 163 cm³/mol. The topological polar surface area (TPSA) is 4.93 Å². The van der Waals surface area contributed by atoms with Crippen LogP contribution < -0.4 is 0 Å². The highest BCUT2D eigenvalue weighted by atomic mass is 15.0. The second-order valence-corrected chi connectivity index (χ2v) is 10.9. The van der Waals surface area contributed by atoms with Gasteiger partial charge in [0.1, 0.15) is 0 Å². The van der Waals surface area contributed by atoms with Gasteiger partial charge in [-0.2, -0.15) is 0 Å². The number of hydrogen-bond acceptors (Lipinski definition) is 0. The van der Waals surface area contributed by atoms with Crippen LogP contribution in [0.3, 0.4) is 0 Å². The third-order valence-electron chi connectivity index (χ3n) is 8.90. The van der Waals surface area contributed by atoms with Crippen LogP contribution in [0.25, 0.3) is 60.9 Å². The fraction of sp³-hybridized carbons (Fsp3) is 0.0526. The molecule has 0 radical (unpaired) electrons. The van der Waals surface area contributed by atoms with Crippen molar-refractivity contribution in [1.82, 2.24) is 4.57 Å². The minimum atomic E-state index is 0.949. The van der Waals surface area contributed by atoms with Crippen LogP contribution in [0.2, 0.25) is 0 Å². The molecule has 39 heavy (non-hydrogen) atoms. The SMILES string of the molecule is c1ccc2c(c1)Cc1c(-c3ccc4c(c3)Cc3c-4cccc3-n3c4ccccc4c4ccccc43)cccc1-2. The maximum absolute atomic E-state index is 2.47. The fourth-order valence-corrected chi connectivity index (χ4v) is 7.19. The molecule has 2 aliphatic rings. The van der Waals surface area contributed by atoms with E-state index < -0.39 is 0 Å². The maximum Gasteiger partial charge on any atom is 0.0541 e. The van der Waals surface area contributed by atoms with Crippen LogP contribution in [0.4, 0.5) is 0 Å². The van der Waals surface area contributed by atoms with Crippen molar-refractivity contribution in [3.05, 3.63) is 150 Å². The van der Waals surface area contributed by atoms with Gasteiger partial charge in [-0.25, -0.2) is 0 Å². The minimum Gasteiger partial charge on any atom is -0.309 e. The van der Waals surface area contributed by atoms with Crippen molar-refractivity contribution < 1.29 is 0 Å². The molecule has 0 fully saturated rings. The molecule has 0 unspecified atom stereocenters. The molecule has 0 spiro atoms. The van der Waals surface area contributed by atoms with E-state index in [9.17, 15) is 0 Å². The van der Waals surface area contributed by atoms with E-state index in [1.807, 2.05) is 0 Å². The molecule has 0 saturated heterocycles. The Hall–Kier alpha value is -4.88. The first-order valence-electron chi connectivity index (χ1n) is 13.8. The molecular formula is C38H25N. The molecule has 0 amide bonds. The summed E-state index contributed by atoms with van der Waals surface area (Å²) in [7, 11) is 0. The lowest BCUT2D eigenvalue weighted by Crippen LogP contribution is -1.98. The molecule has 2 aliphatic carbocycles. The summed E-state index contributed by atoms with van der Waals surface area (Å²) in [6.07, 6.45) is 1.96. The average molecular weight is 496 g/mol. The summed E-state index contributed by atoms with van der Waals surface area (Å²) in [6, 6.07) is 47.2. The molecule has 0 saturated carbocycles. The first-order chi connectivity index (χ1) is 19.3. The molecular weight excluding hydrogens is 470 g/mol. The van der Waals surface area contributed by atoms with Crippen molar-refractivity contribution in [2.75, 3.05) is 0 Å². The molecule has 1 heteroatoms. The van der Waals surface area contributed by atoms with Gasteiger partial charge in [0.2, 0.25) is 0 Å². The average Bonchev–Trinajstić information content (AvgIpc) is 3.66. The normalized spacial score (nSPS) is 12.9. The number of benzene rings is 6. The third-order valence-corrected chi connectivity index (χ3v) is 8.90. The molecule has 1 nitrogen and oxygen atoms in total. The molecule has 1 aromatic heterocycles. The monoisotopic (exact) mass is 495 g/mol. The smallest absolute Gasteiger partial charge is 0.0541 e. The lowest BCUT2D eigenvalue weighted by Gasteiger charge is -2.13. The summed E-state index contributed by atoms with van der Waals surface area (Å²) in [5.41, 5.74) is 17.8.